The predicted molar refractivity (Wildman–Crippen MR) is 76.2 cm³/mol. The van der Waals surface area contributed by atoms with E-state index in [0.717, 1.165) is 10.0 Å². The second-order valence-electron chi connectivity index (χ2n) is 4.10. The van der Waals surface area contributed by atoms with E-state index in [4.69, 9.17) is 17.3 Å². The van der Waals surface area contributed by atoms with E-state index in [9.17, 15) is 4.39 Å². The van der Waals surface area contributed by atoms with Gasteiger partial charge >= 0.3 is 0 Å². The second kappa shape index (κ2) is 5.83. The highest BCUT2D eigenvalue weighted by molar-refractivity contribution is 9.10. The van der Waals surface area contributed by atoms with Gasteiger partial charge in [0.05, 0.1) is 0 Å². The summed E-state index contributed by atoms with van der Waals surface area (Å²) in [5.41, 5.74) is 7.80. The summed E-state index contributed by atoms with van der Waals surface area (Å²) in [7, 11) is 0. The minimum atomic E-state index is -0.319. The van der Waals surface area contributed by atoms with Gasteiger partial charge in [0.15, 0.2) is 0 Å². The molecule has 4 heteroatoms. The Bertz CT molecular complexity index is 542. The van der Waals surface area contributed by atoms with Crippen molar-refractivity contribution in [3.8, 4) is 0 Å². The first-order chi connectivity index (χ1) is 8.56. The largest absolute Gasteiger partial charge is 0.324 e. The van der Waals surface area contributed by atoms with E-state index in [-0.39, 0.29) is 11.9 Å². The molecule has 1 unspecified atom stereocenters. The number of rotatable bonds is 3. The molecule has 0 bridgehead atoms. The van der Waals surface area contributed by atoms with Crippen LogP contribution in [0.2, 0.25) is 5.02 Å². The molecule has 0 aliphatic carbocycles. The van der Waals surface area contributed by atoms with Gasteiger partial charge in [0.2, 0.25) is 0 Å². The van der Waals surface area contributed by atoms with E-state index in [1.807, 2.05) is 24.3 Å². The van der Waals surface area contributed by atoms with Crippen LogP contribution in [0.5, 0.6) is 0 Å². The SMILES string of the molecule is NC(Cc1ccc(Br)cc1)c1cc(F)ccc1Cl. The third-order valence-corrected chi connectivity index (χ3v) is 3.60. The Kier molecular flexibility index (Phi) is 4.38. The fourth-order valence-corrected chi connectivity index (χ4v) is 2.31. The Morgan fingerprint density at radius 3 is 2.50 bits per heavy atom. The molecule has 0 aliphatic heterocycles. The molecule has 1 nitrogen and oxygen atoms in total. The van der Waals surface area contributed by atoms with Gasteiger partial charge < -0.3 is 5.73 Å². The Morgan fingerprint density at radius 2 is 1.83 bits per heavy atom. The van der Waals surface area contributed by atoms with E-state index < -0.39 is 0 Å². The molecule has 2 aromatic carbocycles. The Morgan fingerprint density at radius 1 is 1.17 bits per heavy atom. The van der Waals surface area contributed by atoms with Crippen molar-refractivity contribution < 1.29 is 4.39 Å². The van der Waals surface area contributed by atoms with E-state index in [0.29, 0.717) is 17.0 Å². The van der Waals surface area contributed by atoms with Crippen molar-refractivity contribution >= 4 is 27.5 Å². The van der Waals surface area contributed by atoms with Gasteiger partial charge in [-0.25, -0.2) is 4.39 Å². The number of nitrogens with two attached hydrogens (primary N) is 1. The standard InChI is InChI=1S/C14H12BrClFN/c15-10-3-1-9(2-4-10)7-14(18)12-8-11(17)5-6-13(12)16/h1-6,8,14H,7,18H2. The monoisotopic (exact) mass is 327 g/mol. The van der Waals surface area contributed by atoms with Crippen molar-refractivity contribution in [2.75, 3.05) is 0 Å². The van der Waals surface area contributed by atoms with Crippen molar-refractivity contribution in [1.29, 1.82) is 0 Å². The van der Waals surface area contributed by atoms with Gasteiger partial charge in [-0.15, -0.1) is 0 Å². The summed E-state index contributed by atoms with van der Waals surface area (Å²) in [5, 5.41) is 0.501. The minimum Gasteiger partial charge on any atom is -0.324 e. The average molecular weight is 329 g/mol. The van der Waals surface area contributed by atoms with Crippen LogP contribution >= 0.6 is 27.5 Å². The summed E-state index contributed by atoms with van der Waals surface area (Å²) in [6.07, 6.45) is 0.621. The van der Waals surface area contributed by atoms with Gasteiger partial charge in [0.1, 0.15) is 5.82 Å². The molecule has 0 aromatic heterocycles. The van der Waals surface area contributed by atoms with Crippen LogP contribution in [0.25, 0.3) is 0 Å². The van der Waals surface area contributed by atoms with Crippen LogP contribution in [0, 0.1) is 5.82 Å². The lowest BCUT2D eigenvalue weighted by atomic mass is 9.99. The van der Waals surface area contributed by atoms with E-state index >= 15 is 0 Å². The second-order valence-corrected chi connectivity index (χ2v) is 5.43. The van der Waals surface area contributed by atoms with Gasteiger partial charge in [-0.05, 0) is 47.9 Å². The van der Waals surface area contributed by atoms with Gasteiger partial charge in [0, 0.05) is 15.5 Å². The summed E-state index contributed by atoms with van der Waals surface area (Å²) >= 11 is 9.40. The normalized spacial score (nSPS) is 12.4. The van der Waals surface area contributed by atoms with Gasteiger partial charge in [-0.2, -0.15) is 0 Å². The lowest BCUT2D eigenvalue weighted by Gasteiger charge is -2.14. The third-order valence-electron chi connectivity index (χ3n) is 2.73. The zero-order valence-electron chi connectivity index (χ0n) is 9.54. The van der Waals surface area contributed by atoms with E-state index in [1.54, 1.807) is 0 Å². The Balaban J connectivity index is 2.18. The zero-order chi connectivity index (χ0) is 13.1. The fourth-order valence-electron chi connectivity index (χ4n) is 1.78. The third kappa shape index (κ3) is 3.31. The highest BCUT2D eigenvalue weighted by Crippen LogP contribution is 2.25. The molecule has 0 aliphatic rings. The smallest absolute Gasteiger partial charge is 0.123 e. The number of benzene rings is 2. The highest BCUT2D eigenvalue weighted by Gasteiger charge is 2.12. The molecule has 2 aromatic rings. The first-order valence-corrected chi connectivity index (χ1v) is 6.68. The maximum atomic E-state index is 13.2. The molecule has 0 saturated heterocycles. The quantitative estimate of drug-likeness (QED) is 0.883. The van der Waals surface area contributed by atoms with Crippen LogP contribution in [0.1, 0.15) is 17.2 Å². The van der Waals surface area contributed by atoms with Gasteiger partial charge in [-0.3, -0.25) is 0 Å². The molecule has 2 rings (SSSR count). The molecule has 0 spiro atoms. The first kappa shape index (κ1) is 13.5. The molecule has 0 heterocycles. The maximum absolute atomic E-state index is 13.2. The summed E-state index contributed by atoms with van der Waals surface area (Å²) in [6.45, 7) is 0. The lowest BCUT2D eigenvalue weighted by molar-refractivity contribution is 0.618. The first-order valence-electron chi connectivity index (χ1n) is 5.51. The van der Waals surface area contributed by atoms with Gasteiger partial charge in [0.25, 0.3) is 0 Å². The number of halogens is 3. The zero-order valence-corrected chi connectivity index (χ0v) is 11.9. The summed E-state index contributed by atoms with van der Waals surface area (Å²) in [6, 6.07) is 11.8. The molecule has 18 heavy (non-hydrogen) atoms. The van der Waals surface area contributed by atoms with Crippen LogP contribution in [-0.2, 0) is 6.42 Å². The average Bonchev–Trinajstić information content (AvgIpc) is 2.35. The summed E-state index contributed by atoms with van der Waals surface area (Å²) in [5.74, 6) is -0.319. The molecule has 1 atom stereocenters. The van der Waals surface area contributed by atoms with E-state index in [1.165, 1.54) is 18.2 Å². The van der Waals surface area contributed by atoms with Crippen molar-refractivity contribution in [2.24, 2.45) is 5.73 Å². The Labute approximate surface area is 119 Å². The minimum absolute atomic E-state index is 0.311. The molecular formula is C14H12BrClFN. The van der Waals surface area contributed by atoms with Crippen LogP contribution in [0.15, 0.2) is 46.9 Å². The van der Waals surface area contributed by atoms with Crippen molar-refractivity contribution in [1.82, 2.24) is 0 Å². The molecule has 2 N–H and O–H groups in total. The van der Waals surface area contributed by atoms with Crippen LogP contribution < -0.4 is 5.73 Å². The molecule has 94 valence electrons. The van der Waals surface area contributed by atoms with Crippen LogP contribution in [0.4, 0.5) is 4.39 Å². The van der Waals surface area contributed by atoms with Gasteiger partial charge in [-0.1, -0.05) is 39.7 Å². The fraction of sp³-hybridized carbons (Fsp3) is 0.143. The van der Waals surface area contributed by atoms with Crippen molar-refractivity contribution in [3.63, 3.8) is 0 Å². The van der Waals surface area contributed by atoms with Crippen molar-refractivity contribution in [3.05, 3.63) is 68.9 Å². The van der Waals surface area contributed by atoms with E-state index in [2.05, 4.69) is 15.9 Å². The molecule has 0 radical (unpaired) electrons. The lowest BCUT2D eigenvalue weighted by Crippen LogP contribution is -2.14. The topological polar surface area (TPSA) is 26.0 Å². The Hall–Kier alpha value is -0.900. The molecule has 0 amide bonds. The number of hydrogen-bond donors (Lipinski definition) is 1. The molecule has 0 fully saturated rings. The van der Waals surface area contributed by atoms with Crippen molar-refractivity contribution in [2.45, 2.75) is 12.5 Å². The summed E-state index contributed by atoms with van der Waals surface area (Å²) < 4.78 is 14.2. The molecular weight excluding hydrogens is 317 g/mol. The summed E-state index contributed by atoms with van der Waals surface area (Å²) in [4.78, 5) is 0. The maximum Gasteiger partial charge on any atom is 0.123 e. The number of hydrogen-bond acceptors (Lipinski definition) is 1. The van der Waals surface area contributed by atoms with Crippen LogP contribution in [-0.4, -0.2) is 0 Å². The predicted octanol–water partition coefficient (Wildman–Crippen LogP) is 4.48. The molecule has 0 saturated carbocycles. The van der Waals surface area contributed by atoms with Crippen LogP contribution in [0.3, 0.4) is 0 Å². The highest BCUT2D eigenvalue weighted by atomic mass is 79.9.